The van der Waals surface area contributed by atoms with Gasteiger partial charge < -0.3 is 25.9 Å². The lowest BCUT2D eigenvalue weighted by Gasteiger charge is -2.40. The van der Waals surface area contributed by atoms with Gasteiger partial charge in [0.2, 0.25) is 0 Å². The summed E-state index contributed by atoms with van der Waals surface area (Å²) in [6.07, 6.45) is 2.07. The number of carbonyl (C=O) groups is 2. The Hall–Kier alpha value is -3.05. The minimum Gasteiger partial charge on any atom is -0.390 e. The van der Waals surface area contributed by atoms with E-state index in [1.165, 1.54) is 4.90 Å². The van der Waals surface area contributed by atoms with E-state index < -0.39 is 23.9 Å². The predicted octanol–water partition coefficient (Wildman–Crippen LogP) is 0.889. The highest BCUT2D eigenvalue weighted by atomic mass is 16.7. The molecule has 1 aromatic carbocycles. The van der Waals surface area contributed by atoms with E-state index in [1.807, 2.05) is 26.0 Å². The fourth-order valence-electron chi connectivity index (χ4n) is 5.40. The van der Waals surface area contributed by atoms with Crippen LogP contribution in [-0.2, 0) is 0 Å². The Morgan fingerprint density at radius 1 is 1.21 bits per heavy atom. The van der Waals surface area contributed by atoms with E-state index in [4.69, 9.17) is 10.6 Å². The van der Waals surface area contributed by atoms with Crippen molar-refractivity contribution in [2.75, 3.05) is 20.1 Å². The molecule has 0 saturated carbocycles. The molecule has 2 aliphatic rings. The number of amides is 3. The molecule has 4 rings (SSSR count). The molecular weight excluding hydrogens is 440 g/mol. The molecular formula is C23H34N6O5. The molecule has 3 heterocycles. The molecule has 2 saturated heterocycles. The number of aliphatic hydroxyl groups is 1. The zero-order chi connectivity index (χ0) is 24.6. The molecule has 3 amide bonds. The maximum absolute atomic E-state index is 12.9. The largest absolute Gasteiger partial charge is 0.432 e. The van der Waals surface area contributed by atoms with Gasteiger partial charge in [-0.25, -0.2) is 14.4 Å². The third kappa shape index (κ3) is 4.76. The average molecular weight is 475 g/mol. The maximum atomic E-state index is 12.9. The highest BCUT2D eigenvalue weighted by molar-refractivity contribution is 5.77. The fraction of sp³-hybridized carbons (Fsp3) is 0.609. The third-order valence-corrected chi connectivity index (χ3v) is 6.92. The van der Waals surface area contributed by atoms with Crippen LogP contribution in [0.2, 0.25) is 0 Å². The minimum atomic E-state index is -0.694. The van der Waals surface area contributed by atoms with Crippen LogP contribution in [0.25, 0.3) is 11.0 Å². The molecule has 0 spiro atoms. The van der Waals surface area contributed by atoms with Gasteiger partial charge in [0.25, 0.3) is 0 Å². The van der Waals surface area contributed by atoms with Crippen LogP contribution in [0.3, 0.4) is 0 Å². The molecule has 11 heteroatoms. The fourth-order valence-corrected chi connectivity index (χ4v) is 5.40. The van der Waals surface area contributed by atoms with E-state index in [9.17, 15) is 19.5 Å². The van der Waals surface area contributed by atoms with Crippen molar-refractivity contribution in [2.45, 2.75) is 69.8 Å². The molecule has 2 aliphatic heterocycles. The highest BCUT2D eigenvalue weighted by Crippen LogP contribution is 2.35. The number of urea groups is 1. The summed E-state index contributed by atoms with van der Waals surface area (Å²) >= 11 is 0. The number of nitrogens with two attached hydrogens (primary N) is 1. The second-order valence-corrected chi connectivity index (χ2v) is 9.68. The summed E-state index contributed by atoms with van der Waals surface area (Å²) in [5.41, 5.74) is 6.11. The summed E-state index contributed by atoms with van der Waals surface area (Å²) < 4.78 is 2.66. The second-order valence-electron chi connectivity index (χ2n) is 9.68. The molecule has 2 fully saturated rings. The van der Waals surface area contributed by atoms with E-state index in [0.29, 0.717) is 17.6 Å². The van der Waals surface area contributed by atoms with Gasteiger partial charge in [-0.05, 0) is 51.7 Å². The van der Waals surface area contributed by atoms with Gasteiger partial charge in [0.15, 0.2) is 0 Å². The summed E-state index contributed by atoms with van der Waals surface area (Å²) in [6.45, 7) is 4.45. The molecule has 4 N–H and O–H groups in total. The van der Waals surface area contributed by atoms with Crippen LogP contribution in [-0.4, -0.2) is 80.7 Å². The van der Waals surface area contributed by atoms with Crippen molar-refractivity contribution in [1.82, 2.24) is 24.4 Å². The van der Waals surface area contributed by atoms with Crippen LogP contribution in [0.1, 0.15) is 45.6 Å². The standard InChI is InChI=1S/C23H34N6O5/c1-14(2)28-19-6-4-5-7-20(19)29(23(28)33)34-22(32)25-15-10-16-8-9-17(11-15)27(16)13-18(30)12-26(3)21(24)31/h4-7,14-18,30H,8-13H2,1-3H3,(H2,24,31)(H,25,32)/t15?,16-,17+,18-/m0/s1. The number of rotatable bonds is 7. The number of piperidine rings is 1. The van der Waals surface area contributed by atoms with Gasteiger partial charge in [-0.2, -0.15) is 0 Å². The zero-order valence-electron chi connectivity index (χ0n) is 19.9. The van der Waals surface area contributed by atoms with E-state index in [-0.39, 0.29) is 30.7 Å². The van der Waals surface area contributed by atoms with Gasteiger partial charge in [0, 0.05) is 44.3 Å². The van der Waals surface area contributed by atoms with Crippen molar-refractivity contribution in [3.63, 3.8) is 0 Å². The quantitative estimate of drug-likeness (QED) is 0.545. The molecule has 34 heavy (non-hydrogen) atoms. The lowest BCUT2D eigenvalue weighted by Crippen LogP contribution is -2.54. The minimum absolute atomic E-state index is 0.0802. The Morgan fingerprint density at radius 3 is 2.41 bits per heavy atom. The van der Waals surface area contributed by atoms with Crippen molar-refractivity contribution in [2.24, 2.45) is 5.73 Å². The summed E-state index contributed by atoms with van der Waals surface area (Å²) in [5.74, 6) is 0. The van der Waals surface area contributed by atoms with Crippen molar-refractivity contribution < 1.29 is 19.5 Å². The summed E-state index contributed by atoms with van der Waals surface area (Å²) in [4.78, 5) is 45.9. The number of primary amides is 1. The normalized spacial score (nSPS) is 23.3. The van der Waals surface area contributed by atoms with Gasteiger partial charge in [-0.1, -0.05) is 12.1 Å². The van der Waals surface area contributed by atoms with Crippen LogP contribution >= 0.6 is 0 Å². The molecule has 0 aliphatic carbocycles. The topological polar surface area (TPSA) is 135 Å². The SMILES string of the molecule is CC(C)n1c(=O)n(OC(=O)NC2C[C@H]3CC[C@@H](C2)N3C[C@@H](O)CN(C)C(N)=O)c2ccccc21. The van der Waals surface area contributed by atoms with Gasteiger partial charge in [0.1, 0.15) is 5.52 Å². The van der Waals surface area contributed by atoms with Crippen molar-refractivity contribution in [1.29, 1.82) is 0 Å². The van der Waals surface area contributed by atoms with Gasteiger partial charge in [-0.15, -0.1) is 4.73 Å². The van der Waals surface area contributed by atoms with Gasteiger partial charge >= 0.3 is 17.8 Å². The summed E-state index contributed by atoms with van der Waals surface area (Å²) in [7, 11) is 1.56. The molecule has 1 aromatic heterocycles. The van der Waals surface area contributed by atoms with Crippen LogP contribution < -0.4 is 21.6 Å². The predicted molar refractivity (Wildman–Crippen MR) is 126 cm³/mol. The Kier molecular flexibility index (Phi) is 6.85. The molecule has 2 aromatic rings. The molecule has 1 unspecified atom stereocenters. The number of para-hydroxylation sites is 2. The molecule has 4 atom stereocenters. The first-order chi connectivity index (χ1) is 16.2. The first-order valence-electron chi connectivity index (χ1n) is 11.8. The number of aliphatic hydroxyl groups excluding tert-OH is 1. The Bertz CT molecular complexity index is 1100. The number of nitrogens with one attached hydrogen (secondary N) is 1. The number of benzene rings is 1. The van der Waals surface area contributed by atoms with Gasteiger partial charge in [0.05, 0.1) is 11.6 Å². The van der Waals surface area contributed by atoms with E-state index >= 15 is 0 Å². The first-order valence-corrected chi connectivity index (χ1v) is 11.8. The smallest absolute Gasteiger partial charge is 0.390 e. The summed E-state index contributed by atoms with van der Waals surface area (Å²) in [5, 5.41) is 13.3. The van der Waals surface area contributed by atoms with Crippen LogP contribution in [0.15, 0.2) is 29.1 Å². The number of hydrogen-bond donors (Lipinski definition) is 3. The monoisotopic (exact) mass is 474 g/mol. The number of fused-ring (bicyclic) bond motifs is 3. The van der Waals surface area contributed by atoms with Gasteiger partial charge in [-0.3, -0.25) is 9.47 Å². The molecule has 0 radical (unpaired) electrons. The molecule has 2 bridgehead atoms. The lowest BCUT2D eigenvalue weighted by molar-refractivity contribution is 0.0409. The Morgan fingerprint density at radius 2 is 1.82 bits per heavy atom. The van der Waals surface area contributed by atoms with Crippen LogP contribution in [0, 0.1) is 0 Å². The Labute approximate surface area is 198 Å². The number of likely N-dealkylation sites (N-methyl/N-ethyl adjacent to an activating group) is 1. The average Bonchev–Trinajstić information content (AvgIpc) is 3.16. The Balaban J connectivity index is 1.38. The zero-order valence-corrected chi connectivity index (χ0v) is 19.9. The number of nitrogens with zero attached hydrogens (tertiary/aromatic N) is 4. The van der Waals surface area contributed by atoms with Crippen molar-refractivity contribution in [3.8, 4) is 0 Å². The van der Waals surface area contributed by atoms with E-state index in [1.54, 1.807) is 23.7 Å². The van der Waals surface area contributed by atoms with Crippen molar-refractivity contribution >= 4 is 23.2 Å². The lowest BCUT2D eigenvalue weighted by atomic mass is 9.97. The number of imidazole rings is 1. The second kappa shape index (κ2) is 9.67. The number of carbonyl (C=O) groups excluding carboxylic acids is 2. The van der Waals surface area contributed by atoms with Crippen LogP contribution in [0.5, 0.6) is 0 Å². The number of hydrogen-bond acceptors (Lipinski definition) is 6. The van der Waals surface area contributed by atoms with Crippen LogP contribution in [0.4, 0.5) is 9.59 Å². The molecule has 186 valence electrons. The highest BCUT2D eigenvalue weighted by Gasteiger charge is 2.42. The van der Waals surface area contributed by atoms with E-state index in [2.05, 4.69) is 10.2 Å². The first kappa shape index (κ1) is 24.1. The number of aromatic nitrogens is 2. The summed E-state index contributed by atoms with van der Waals surface area (Å²) in [6, 6.07) is 6.94. The molecule has 11 nitrogen and oxygen atoms in total. The van der Waals surface area contributed by atoms with E-state index in [0.717, 1.165) is 30.4 Å². The van der Waals surface area contributed by atoms with Crippen molar-refractivity contribution in [3.05, 3.63) is 34.7 Å². The maximum Gasteiger partial charge on any atom is 0.432 e. The third-order valence-electron chi connectivity index (χ3n) is 6.92.